The zero-order valence-corrected chi connectivity index (χ0v) is 12.4. The van der Waals surface area contributed by atoms with Crippen molar-refractivity contribution in [2.24, 2.45) is 0 Å². The molecule has 1 aliphatic rings. The highest BCUT2D eigenvalue weighted by molar-refractivity contribution is 5.49. The summed E-state index contributed by atoms with van der Waals surface area (Å²) in [6, 6.07) is 9.28. The van der Waals surface area contributed by atoms with Gasteiger partial charge in [-0.05, 0) is 49.9 Å². The molecule has 0 radical (unpaired) electrons. The van der Waals surface area contributed by atoms with Gasteiger partial charge in [0.15, 0.2) is 0 Å². The topological polar surface area (TPSA) is 15.3 Å². The van der Waals surface area contributed by atoms with Crippen molar-refractivity contribution in [3.05, 3.63) is 41.5 Å². The summed E-state index contributed by atoms with van der Waals surface area (Å²) in [5.74, 6) is 0. The Bertz CT molecular complexity index is 435. The summed E-state index contributed by atoms with van der Waals surface area (Å²) in [5.41, 5.74) is 4.24. The van der Waals surface area contributed by atoms with Crippen LogP contribution in [0, 0.1) is 0 Å². The van der Waals surface area contributed by atoms with E-state index < -0.39 is 0 Å². The molecule has 1 unspecified atom stereocenters. The van der Waals surface area contributed by atoms with E-state index in [0.29, 0.717) is 6.04 Å². The molecule has 0 heterocycles. The normalized spacial score (nSPS) is 16.9. The maximum atomic E-state index is 3.65. The predicted molar refractivity (Wildman–Crippen MR) is 83.7 cm³/mol. The second kappa shape index (κ2) is 6.76. The van der Waals surface area contributed by atoms with Gasteiger partial charge in [0.2, 0.25) is 0 Å². The van der Waals surface area contributed by atoms with Gasteiger partial charge in [-0.3, -0.25) is 0 Å². The second-order valence-electron chi connectivity index (χ2n) is 5.50. The lowest BCUT2D eigenvalue weighted by atomic mass is 9.89. The number of anilines is 1. The van der Waals surface area contributed by atoms with Crippen molar-refractivity contribution in [3.8, 4) is 0 Å². The third kappa shape index (κ3) is 3.60. The molecule has 0 aromatic heterocycles. The van der Waals surface area contributed by atoms with Gasteiger partial charge in [-0.2, -0.15) is 0 Å². The Morgan fingerprint density at radius 1 is 1.26 bits per heavy atom. The third-order valence-corrected chi connectivity index (χ3v) is 3.83. The zero-order chi connectivity index (χ0) is 13.7. The lowest BCUT2D eigenvalue weighted by Gasteiger charge is -2.25. The summed E-state index contributed by atoms with van der Waals surface area (Å²) in [6.45, 7) is 3.19. The van der Waals surface area contributed by atoms with E-state index in [1.54, 1.807) is 5.57 Å². The molecule has 0 saturated heterocycles. The fraction of sp³-hybridized carbons (Fsp3) is 0.529. The van der Waals surface area contributed by atoms with Gasteiger partial charge in [0, 0.05) is 19.8 Å². The largest absolute Gasteiger partial charge is 0.378 e. The van der Waals surface area contributed by atoms with E-state index in [0.717, 1.165) is 6.54 Å². The van der Waals surface area contributed by atoms with Gasteiger partial charge < -0.3 is 10.2 Å². The van der Waals surface area contributed by atoms with E-state index in [4.69, 9.17) is 0 Å². The first-order chi connectivity index (χ1) is 9.22. The van der Waals surface area contributed by atoms with E-state index >= 15 is 0 Å². The number of hydrogen-bond donors (Lipinski definition) is 1. The number of nitrogens with zero attached hydrogens (tertiary/aromatic N) is 1. The molecular formula is C17H26N2. The zero-order valence-electron chi connectivity index (χ0n) is 12.4. The summed E-state index contributed by atoms with van der Waals surface area (Å²) in [7, 11) is 4.20. The Morgan fingerprint density at radius 3 is 2.74 bits per heavy atom. The smallest absolute Gasteiger partial charge is 0.0536 e. The van der Waals surface area contributed by atoms with Crippen molar-refractivity contribution in [2.45, 2.75) is 38.6 Å². The van der Waals surface area contributed by atoms with Crippen LogP contribution in [0.15, 0.2) is 35.9 Å². The van der Waals surface area contributed by atoms with Crippen molar-refractivity contribution < 1.29 is 0 Å². The lowest BCUT2D eigenvalue weighted by Crippen LogP contribution is -2.24. The summed E-state index contributed by atoms with van der Waals surface area (Å²) < 4.78 is 0. The standard InChI is InChI=1S/C17H26N2/c1-4-18-17(14-9-6-5-7-10-14)15-11-8-12-16(13-15)19(2)3/h8-9,11-13,17-18H,4-7,10H2,1-3H3. The van der Waals surface area contributed by atoms with E-state index in [-0.39, 0.29) is 0 Å². The maximum Gasteiger partial charge on any atom is 0.0536 e. The molecule has 1 aromatic carbocycles. The monoisotopic (exact) mass is 258 g/mol. The van der Waals surface area contributed by atoms with Gasteiger partial charge in [-0.15, -0.1) is 0 Å². The average molecular weight is 258 g/mol. The van der Waals surface area contributed by atoms with Gasteiger partial charge >= 0.3 is 0 Å². The molecular weight excluding hydrogens is 232 g/mol. The van der Waals surface area contributed by atoms with Gasteiger partial charge in [0.05, 0.1) is 6.04 Å². The first-order valence-corrected chi connectivity index (χ1v) is 7.42. The first kappa shape index (κ1) is 14.1. The summed E-state index contributed by atoms with van der Waals surface area (Å²) in [5, 5.41) is 3.65. The minimum Gasteiger partial charge on any atom is -0.378 e. The van der Waals surface area contributed by atoms with Crippen LogP contribution in [0.5, 0.6) is 0 Å². The average Bonchev–Trinajstić information content (AvgIpc) is 2.46. The van der Waals surface area contributed by atoms with Crippen LogP contribution in [-0.4, -0.2) is 20.6 Å². The minimum atomic E-state index is 0.394. The summed E-state index contributed by atoms with van der Waals surface area (Å²) in [4.78, 5) is 2.17. The highest BCUT2D eigenvalue weighted by Crippen LogP contribution is 2.31. The second-order valence-corrected chi connectivity index (χ2v) is 5.50. The lowest BCUT2D eigenvalue weighted by molar-refractivity contribution is 0.564. The molecule has 1 aliphatic carbocycles. The maximum absolute atomic E-state index is 3.65. The molecule has 0 aliphatic heterocycles. The highest BCUT2D eigenvalue weighted by atomic mass is 15.1. The molecule has 0 fully saturated rings. The minimum absolute atomic E-state index is 0.394. The Kier molecular flexibility index (Phi) is 5.03. The molecule has 1 N–H and O–H groups in total. The van der Waals surface area contributed by atoms with Crippen LogP contribution in [0.1, 0.15) is 44.2 Å². The van der Waals surface area contributed by atoms with E-state index in [1.165, 1.54) is 36.9 Å². The van der Waals surface area contributed by atoms with Crippen molar-refractivity contribution in [2.75, 3.05) is 25.5 Å². The molecule has 2 rings (SSSR count). The van der Waals surface area contributed by atoms with Crippen LogP contribution < -0.4 is 10.2 Å². The number of nitrogens with one attached hydrogen (secondary N) is 1. The Labute approximate surface area is 117 Å². The van der Waals surface area contributed by atoms with Crippen molar-refractivity contribution in [1.82, 2.24) is 5.32 Å². The van der Waals surface area contributed by atoms with Gasteiger partial charge in [0.1, 0.15) is 0 Å². The Balaban J connectivity index is 2.27. The number of allylic oxidation sites excluding steroid dienone is 1. The van der Waals surface area contributed by atoms with Gasteiger partial charge in [-0.1, -0.05) is 30.7 Å². The van der Waals surface area contributed by atoms with Crippen LogP contribution >= 0.6 is 0 Å². The van der Waals surface area contributed by atoms with Gasteiger partial charge in [0.25, 0.3) is 0 Å². The molecule has 104 valence electrons. The highest BCUT2D eigenvalue weighted by Gasteiger charge is 2.17. The molecule has 1 aromatic rings. The van der Waals surface area contributed by atoms with Crippen LogP contribution in [-0.2, 0) is 0 Å². The van der Waals surface area contributed by atoms with E-state index in [9.17, 15) is 0 Å². The molecule has 1 atom stereocenters. The van der Waals surface area contributed by atoms with Crippen LogP contribution in [0.2, 0.25) is 0 Å². The van der Waals surface area contributed by atoms with Crippen LogP contribution in [0.4, 0.5) is 5.69 Å². The molecule has 0 amide bonds. The molecule has 19 heavy (non-hydrogen) atoms. The Morgan fingerprint density at radius 2 is 2.11 bits per heavy atom. The van der Waals surface area contributed by atoms with Crippen LogP contribution in [0.3, 0.4) is 0 Å². The number of hydrogen-bond acceptors (Lipinski definition) is 2. The number of rotatable bonds is 5. The Hall–Kier alpha value is -1.28. The predicted octanol–water partition coefficient (Wildman–Crippen LogP) is 3.90. The quantitative estimate of drug-likeness (QED) is 0.806. The SMILES string of the molecule is CCNC(C1=CCCCC1)c1cccc(N(C)C)c1. The van der Waals surface area contributed by atoms with Crippen molar-refractivity contribution in [3.63, 3.8) is 0 Å². The molecule has 2 nitrogen and oxygen atoms in total. The molecule has 0 spiro atoms. The number of benzene rings is 1. The molecule has 2 heteroatoms. The van der Waals surface area contributed by atoms with Crippen molar-refractivity contribution in [1.29, 1.82) is 0 Å². The number of likely N-dealkylation sites (N-methyl/N-ethyl adjacent to an activating group) is 1. The fourth-order valence-corrected chi connectivity index (χ4v) is 2.77. The van der Waals surface area contributed by atoms with E-state index in [2.05, 4.69) is 61.6 Å². The van der Waals surface area contributed by atoms with Gasteiger partial charge in [-0.25, -0.2) is 0 Å². The molecule has 0 saturated carbocycles. The molecule has 0 bridgehead atoms. The summed E-state index contributed by atoms with van der Waals surface area (Å²) in [6.07, 6.45) is 7.61. The van der Waals surface area contributed by atoms with E-state index in [1.807, 2.05) is 0 Å². The summed E-state index contributed by atoms with van der Waals surface area (Å²) >= 11 is 0. The van der Waals surface area contributed by atoms with Crippen LogP contribution in [0.25, 0.3) is 0 Å². The third-order valence-electron chi connectivity index (χ3n) is 3.83. The fourth-order valence-electron chi connectivity index (χ4n) is 2.77. The first-order valence-electron chi connectivity index (χ1n) is 7.42. The van der Waals surface area contributed by atoms with Crippen molar-refractivity contribution >= 4 is 5.69 Å².